The number of carbonyl (C=O) groups excluding carboxylic acids is 1. The number of nitrogens with zero attached hydrogens (tertiary/aromatic N) is 1. The maximum Gasteiger partial charge on any atom is 0.303 e. The first kappa shape index (κ1) is 16.1. The van der Waals surface area contributed by atoms with Crippen LogP contribution in [0.3, 0.4) is 0 Å². The molecule has 0 aliphatic carbocycles. The van der Waals surface area contributed by atoms with Crippen LogP contribution in [0.5, 0.6) is 0 Å². The lowest BCUT2D eigenvalue weighted by molar-refractivity contribution is -0.137. The molecule has 0 spiro atoms. The fourth-order valence-electron chi connectivity index (χ4n) is 1.81. The van der Waals surface area contributed by atoms with Gasteiger partial charge in [-0.2, -0.15) is 0 Å². The Kier molecular flexibility index (Phi) is 6.69. The van der Waals surface area contributed by atoms with Gasteiger partial charge in [-0.3, -0.25) is 9.59 Å². The van der Waals surface area contributed by atoms with Crippen LogP contribution >= 0.6 is 0 Å². The van der Waals surface area contributed by atoms with E-state index in [9.17, 15) is 9.59 Å². The Morgan fingerprint density at radius 2 is 2.00 bits per heavy atom. The van der Waals surface area contributed by atoms with Gasteiger partial charge in [0.05, 0.1) is 6.61 Å². The zero-order valence-corrected chi connectivity index (χ0v) is 11.5. The lowest BCUT2D eigenvalue weighted by Crippen LogP contribution is -2.46. The molecule has 0 radical (unpaired) electrons. The zero-order valence-electron chi connectivity index (χ0n) is 11.5. The van der Waals surface area contributed by atoms with E-state index < -0.39 is 12.0 Å². The minimum Gasteiger partial charge on any atom is -0.481 e. The number of hydrogen-bond donors (Lipinski definition) is 2. The number of hydrogen-bond acceptors (Lipinski definition) is 4. The van der Waals surface area contributed by atoms with Gasteiger partial charge in [-0.25, -0.2) is 0 Å². The first-order valence-corrected chi connectivity index (χ1v) is 6.39. The van der Waals surface area contributed by atoms with Crippen LogP contribution in [0.25, 0.3) is 0 Å². The molecular formula is C14H20N2O4. The van der Waals surface area contributed by atoms with E-state index in [0.717, 1.165) is 0 Å². The summed E-state index contributed by atoms with van der Waals surface area (Å²) in [6.07, 6.45) is 0.381. The number of ether oxygens (including phenoxy) is 1. The molecule has 3 N–H and O–H groups in total. The van der Waals surface area contributed by atoms with Crippen molar-refractivity contribution in [1.29, 1.82) is 0 Å². The van der Waals surface area contributed by atoms with Crippen molar-refractivity contribution >= 4 is 17.6 Å². The van der Waals surface area contributed by atoms with Crippen LogP contribution < -0.4 is 10.6 Å². The summed E-state index contributed by atoms with van der Waals surface area (Å²) in [5.74, 6) is -1.16. The molecule has 0 saturated heterocycles. The van der Waals surface area contributed by atoms with E-state index in [1.807, 2.05) is 18.2 Å². The number of carboxylic acids is 1. The van der Waals surface area contributed by atoms with Crippen LogP contribution in [0.1, 0.15) is 12.8 Å². The predicted octanol–water partition coefficient (Wildman–Crippen LogP) is 0.858. The minimum absolute atomic E-state index is 0.0100. The number of methoxy groups -OCH3 is 1. The highest BCUT2D eigenvalue weighted by atomic mass is 16.5. The maximum absolute atomic E-state index is 12.3. The standard InChI is InChI=1S/C14H20N2O4/c1-20-10-12(15)14(19)16(9-5-8-13(17)18)11-6-3-2-4-7-11/h2-4,6-7,12H,5,8-10,15H2,1H3,(H,17,18). The van der Waals surface area contributed by atoms with E-state index in [1.165, 1.54) is 12.0 Å². The van der Waals surface area contributed by atoms with Gasteiger partial charge < -0.3 is 20.5 Å². The van der Waals surface area contributed by atoms with Gasteiger partial charge in [0.1, 0.15) is 6.04 Å². The lowest BCUT2D eigenvalue weighted by atomic mass is 10.2. The van der Waals surface area contributed by atoms with E-state index in [0.29, 0.717) is 18.7 Å². The van der Waals surface area contributed by atoms with Gasteiger partial charge in [-0.1, -0.05) is 18.2 Å². The fraction of sp³-hybridized carbons (Fsp3) is 0.429. The van der Waals surface area contributed by atoms with E-state index in [2.05, 4.69) is 0 Å². The van der Waals surface area contributed by atoms with Crippen molar-refractivity contribution in [1.82, 2.24) is 0 Å². The molecule has 0 fully saturated rings. The Morgan fingerprint density at radius 3 is 2.55 bits per heavy atom. The van der Waals surface area contributed by atoms with Gasteiger partial charge >= 0.3 is 5.97 Å². The number of carbonyl (C=O) groups is 2. The second kappa shape index (κ2) is 8.29. The molecule has 1 aromatic rings. The topological polar surface area (TPSA) is 92.9 Å². The van der Waals surface area contributed by atoms with E-state index in [4.69, 9.17) is 15.6 Å². The maximum atomic E-state index is 12.3. The summed E-state index contributed by atoms with van der Waals surface area (Å²) in [4.78, 5) is 24.4. The van der Waals surface area contributed by atoms with Gasteiger partial charge in [0, 0.05) is 25.8 Å². The van der Waals surface area contributed by atoms with Crippen molar-refractivity contribution in [3.63, 3.8) is 0 Å². The minimum atomic E-state index is -0.883. The van der Waals surface area contributed by atoms with Gasteiger partial charge in [0.25, 0.3) is 0 Å². The van der Waals surface area contributed by atoms with E-state index in [1.54, 1.807) is 12.1 Å². The Labute approximate surface area is 118 Å². The van der Waals surface area contributed by atoms with E-state index in [-0.39, 0.29) is 18.9 Å². The van der Waals surface area contributed by atoms with Crippen LogP contribution in [-0.4, -0.2) is 43.3 Å². The molecule has 110 valence electrons. The molecule has 0 aromatic heterocycles. The lowest BCUT2D eigenvalue weighted by Gasteiger charge is -2.25. The highest BCUT2D eigenvalue weighted by Crippen LogP contribution is 2.15. The molecule has 6 nitrogen and oxygen atoms in total. The third kappa shape index (κ3) is 4.99. The van der Waals surface area contributed by atoms with Crippen molar-refractivity contribution in [2.75, 3.05) is 25.2 Å². The van der Waals surface area contributed by atoms with Gasteiger partial charge in [0.15, 0.2) is 0 Å². The Balaban J connectivity index is 2.79. The SMILES string of the molecule is COCC(N)C(=O)N(CCCC(=O)O)c1ccccc1. The first-order chi connectivity index (χ1) is 9.56. The zero-order chi connectivity index (χ0) is 15.0. The number of anilines is 1. The average molecular weight is 280 g/mol. The summed E-state index contributed by atoms with van der Waals surface area (Å²) in [7, 11) is 1.48. The smallest absolute Gasteiger partial charge is 0.303 e. The normalized spacial score (nSPS) is 11.9. The third-order valence-electron chi connectivity index (χ3n) is 2.77. The fourth-order valence-corrected chi connectivity index (χ4v) is 1.81. The predicted molar refractivity (Wildman–Crippen MR) is 75.5 cm³/mol. The Bertz CT molecular complexity index is 436. The van der Waals surface area contributed by atoms with Crippen molar-refractivity contribution in [2.45, 2.75) is 18.9 Å². The molecule has 0 heterocycles. The number of amides is 1. The quantitative estimate of drug-likeness (QED) is 0.736. The summed E-state index contributed by atoms with van der Waals surface area (Å²) < 4.78 is 4.89. The Hall–Kier alpha value is -1.92. The number of rotatable bonds is 8. The highest BCUT2D eigenvalue weighted by Gasteiger charge is 2.22. The van der Waals surface area contributed by atoms with E-state index >= 15 is 0 Å². The largest absolute Gasteiger partial charge is 0.481 e. The molecule has 0 saturated carbocycles. The van der Waals surface area contributed by atoms with Crippen LogP contribution in [0.2, 0.25) is 0 Å². The van der Waals surface area contributed by atoms with Crippen LogP contribution in [0.15, 0.2) is 30.3 Å². The molecule has 0 aliphatic heterocycles. The number of nitrogens with two attached hydrogens (primary N) is 1. The summed E-state index contributed by atoms with van der Waals surface area (Å²) in [6, 6.07) is 8.29. The molecule has 1 atom stereocenters. The molecule has 1 amide bonds. The molecule has 0 bridgehead atoms. The van der Waals surface area contributed by atoms with Crippen molar-refractivity contribution < 1.29 is 19.4 Å². The monoisotopic (exact) mass is 280 g/mol. The first-order valence-electron chi connectivity index (χ1n) is 6.39. The number of para-hydroxylation sites is 1. The average Bonchev–Trinajstić information content (AvgIpc) is 2.44. The summed E-state index contributed by atoms with van der Waals surface area (Å²) >= 11 is 0. The Morgan fingerprint density at radius 1 is 1.35 bits per heavy atom. The van der Waals surface area contributed by atoms with Crippen LogP contribution in [0.4, 0.5) is 5.69 Å². The molecule has 0 aliphatic rings. The highest BCUT2D eigenvalue weighted by molar-refractivity contribution is 5.97. The number of aliphatic carboxylic acids is 1. The molecule has 1 rings (SSSR count). The summed E-state index contributed by atoms with van der Waals surface area (Å²) in [6.45, 7) is 0.438. The summed E-state index contributed by atoms with van der Waals surface area (Å²) in [5.41, 5.74) is 6.47. The molecule has 1 unspecified atom stereocenters. The summed E-state index contributed by atoms with van der Waals surface area (Å²) in [5, 5.41) is 8.68. The third-order valence-corrected chi connectivity index (χ3v) is 2.77. The van der Waals surface area contributed by atoms with Crippen molar-refractivity contribution in [3.8, 4) is 0 Å². The number of carboxylic acid groups (broad SMARTS) is 1. The van der Waals surface area contributed by atoms with Gasteiger partial charge in [-0.05, 0) is 18.6 Å². The van der Waals surface area contributed by atoms with Crippen molar-refractivity contribution in [2.24, 2.45) is 5.73 Å². The second-order valence-electron chi connectivity index (χ2n) is 4.38. The van der Waals surface area contributed by atoms with Crippen LogP contribution in [0, 0.1) is 0 Å². The van der Waals surface area contributed by atoms with Crippen molar-refractivity contribution in [3.05, 3.63) is 30.3 Å². The van der Waals surface area contributed by atoms with Gasteiger partial charge in [-0.15, -0.1) is 0 Å². The van der Waals surface area contributed by atoms with Crippen LogP contribution in [-0.2, 0) is 14.3 Å². The molecular weight excluding hydrogens is 260 g/mol. The molecule has 1 aromatic carbocycles. The molecule has 20 heavy (non-hydrogen) atoms. The molecule has 6 heteroatoms. The second-order valence-corrected chi connectivity index (χ2v) is 4.38. The number of benzene rings is 1. The van der Waals surface area contributed by atoms with Gasteiger partial charge in [0.2, 0.25) is 5.91 Å².